The highest BCUT2D eigenvalue weighted by Gasteiger charge is 2.20. The predicted octanol–water partition coefficient (Wildman–Crippen LogP) is 4.07. The summed E-state index contributed by atoms with van der Waals surface area (Å²) in [6.45, 7) is 7.76. The molecule has 0 spiro atoms. The number of benzene rings is 2. The molecule has 1 heterocycles. The van der Waals surface area contributed by atoms with E-state index in [9.17, 15) is 9.59 Å². The Labute approximate surface area is 166 Å². The Morgan fingerprint density at radius 1 is 1.14 bits per heavy atom. The molecule has 5 nitrogen and oxygen atoms in total. The van der Waals surface area contributed by atoms with E-state index in [1.165, 1.54) is 0 Å². The largest absolute Gasteiger partial charge is 0.491 e. The molecular formula is C23H28N2O3. The van der Waals surface area contributed by atoms with Gasteiger partial charge in [-0.15, -0.1) is 0 Å². The molecule has 5 heteroatoms. The fourth-order valence-corrected chi connectivity index (χ4v) is 3.42. The van der Waals surface area contributed by atoms with Gasteiger partial charge < -0.3 is 14.5 Å². The lowest BCUT2D eigenvalue weighted by molar-refractivity contribution is -0.132. The predicted molar refractivity (Wildman–Crippen MR) is 110 cm³/mol. The number of anilines is 1. The number of aryl methyl sites for hydroxylation is 1. The van der Waals surface area contributed by atoms with Crippen LogP contribution in [0.4, 0.5) is 5.69 Å². The lowest BCUT2D eigenvalue weighted by Crippen LogP contribution is -2.32. The van der Waals surface area contributed by atoms with Crippen molar-refractivity contribution in [3.63, 3.8) is 0 Å². The Hall–Kier alpha value is -2.82. The summed E-state index contributed by atoms with van der Waals surface area (Å²) in [6, 6.07) is 13.9. The second-order valence-corrected chi connectivity index (χ2v) is 7.30. The lowest BCUT2D eigenvalue weighted by atomic mass is 10.1. The van der Waals surface area contributed by atoms with Crippen LogP contribution in [-0.2, 0) is 22.7 Å². The third-order valence-corrected chi connectivity index (χ3v) is 4.99. The van der Waals surface area contributed by atoms with Crippen LogP contribution in [0.25, 0.3) is 0 Å². The highest BCUT2D eigenvalue weighted by molar-refractivity contribution is 5.91. The van der Waals surface area contributed by atoms with Gasteiger partial charge in [-0.2, -0.15) is 0 Å². The molecule has 1 aliphatic heterocycles. The summed E-state index contributed by atoms with van der Waals surface area (Å²) in [4.78, 5) is 28.2. The SMILES string of the molecule is CCCC(=O)N1CCOc2ccc(CN(C(C)=O)c3ccc(C)cc3)cc2C1. The minimum absolute atomic E-state index is 0.00482. The van der Waals surface area contributed by atoms with Crippen LogP contribution in [0.1, 0.15) is 43.4 Å². The zero-order valence-electron chi connectivity index (χ0n) is 16.9. The first-order chi connectivity index (χ1) is 13.5. The van der Waals surface area contributed by atoms with Crippen molar-refractivity contribution in [2.45, 2.75) is 46.7 Å². The Balaban J connectivity index is 1.82. The van der Waals surface area contributed by atoms with E-state index >= 15 is 0 Å². The first-order valence-corrected chi connectivity index (χ1v) is 9.85. The quantitative estimate of drug-likeness (QED) is 0.786. The molecule has 3 rings (SSSR count). The molecule has 0 bridgehead atoms. The molecule has 2 amide bonds. The van der Waals surface area contributed by atoms with Crippen LogP contribution in [-0.4, -0.2) is 29.9 Å². The van der Waals surface area contributed by atoms with E-state index < -0.39 is 0 Å². The summed E-state index contributed by atoms with van der Waals surface area (Å²) in [6.07, 6.45) is 1.40. The minimum atomic E-state index is -0.00482. The Kier molecular flexibility index (Phi) is 6.34. The van der Waals surface area contributed by atoms with Crippen molar-refractivity contribution in [2.24, 2.45) is 0 Å². The summed E-state index contributed by atoms with van der Waals surface area (Å²) >= 11 is 0. The molecule has 2 aromatic rings. The molecule has 0 aromatic heterocycles. The van der Waals surface area contributed by atoms with Crippen molar-refractivity contribution in [3.05, 3.63) is 59.2 Å². The molecule has 1 aliphatic rings. The van der Waals surface area contributed by atoms with Crippen LogP contribution in [0.5, 0.6) is 5.75 Å². The van der Waals surface area contributed by atoms with Crippen LogP contribution < -0.4 is 9.64 Å². The maximum atomic E-state index is 12.3. The first-order valence-electron chi connectivity index (χ1n) is 9.85. The average molecular weight is 380 g/mol. The van der Waals surface area contributed by atoms with Gasteiger partial charge in [-0.3, -0.25) is 9.59 Å². The van der Waals surface area contributed by atoms with Gasteiger partial charge in [-0.1, -0.05) is 30.7 Å². The van der Waals surface area contributed by atoms with E-state index in [1.807, 2.05) is 55.1 Å². The second-order valence-electron chi connectivity index (χ2n) is 7.30. The van der Waals surface area contributed by atoms with E-state index in [0.29, 0.717) is 32.7 Å². The smallest absolute Gasteiger partial charge is 0.224 e. The number of fused-ring (bicyclic) bond motifs is 1. The number of hydrogen-bond acceptors (Lipinski definition) is 3. The molecule has 0 unspecified atom stereocenters. The Morgan fingerprint density at radius 3 is 2.57 bits per heavy atom. The topological polar surface area (TPSA) is 49.9 Å². The van der Waals surface area contributed by atoms with E-state index in [2.05, 4.69) is 6.07 Å². The summed E-state index contributed by atoms with van der Waals surface area (Å²) < 4.78 is 5.84. The monoisotopic (exact) mass is 380 g/mol. The van der Waals surface area contributed by atoms with Crippen molar-refractivity contribution in [3.8, 4) is 5.75 Å². The van der Waals surface area contributed by atoms with Gasteiger partial charge in [0.05, 0.1) is 13.1 Å². The standard InChI is InChI=1S/C23H28N2O3/c1-4-5-23(27)24-12-13-28-22-11-8-19(14-20(22)16-24)15-25(18(3)26)21-9-6-17(2)7-10-21/h6-11,14H,4-5,12-13,15-16H2,1-3H3. The van der Waals surface area contributed by atoms with Crippen molar-refractivity contribution in [1.82, 2.24) is 4.90 Å². The summed E-state index contributed by atoms with van der Waals surface area (Å²) in [5.41, 5.74) is 4.05. The zero-order chi connectivity index (χ0) is 20.1. The molecule has 2 aromatic carbocycles. The molecule has 0 fully saturated rings. The van der Waals surface area contributed by atoms with Crippen LogP contribution in [0.15, 0.2) is 42.5 Å². The Bertz CT molecular complexity index is 845. The van der Waals surface area contributed by atoms with Crippen molar-refractivity contribution in [2.75, 3.05) is 18.1 Å². The van der Waals surface area contributed by atoms with Crippen molar-refractivity contribution in [1.29, 1.82) is 0 Å². The number of carbonyl (C=O) groups excluding carboxylic acids is 2. The third kappa shape index (κ3) is 4.71. The minimum Gasteiger partial charge on any atom is -0.491 e. The molecule has 0 saturated heterocycles. The van der Waals surface area contributed by atoms with Gasteiger partial charge in [0.1, 0.15) is 12.4 Å². The van der Waals surface area contributed by atoms with E-state index in [0.717, 1.165) is 34.5 Å². The zero-order valence-corrected chi connectivity index (χ0v) is 16.9. The van der Waals surface area contributed by atoms with E-state index in [1.54, 1.807) is 11.8 Å². The first kappa shape index (κ1) is 19.9. The second kappa shape index (κ2) is 8.91. The fraction of sp³-hybridized carbons (Fsp3) is 0.391. The van der Waals surface area contributed by atoms with E-state index in [-0.39, 0.29) is 11.8 Å². The van der Waals surface area contributed by atoms with Gasteiger partial charge in [-0.05, 0) is 43.2 Å². The number of hydrogen-bond donors (Lipinski definition) is 0. The van der Waals surface area contributed by atoms with Gasteiger partial charge in [0.15, 0.2) is 0 Å². The van der Waals surface area contributed by atoms with Gasteiger partial charge in [0.2, 0.25) is 11.8 Å². The number of nitrogens with zero attached hydrogens (tertiary/aromatic N) is 2. The maximum Gasteiger partial charge on any atom is 0.224 e. The third-order valence-electron chi connectivity index (χ3n) is 4.99. The molecule has 0 atom stereocenters. The van der Waals surface area contributed by atoms with Crippen molar-refractivity contribution < 1.29 is 14.3 Å². The molecule has 0 aliphatic carbocycles. The van der Waals surface area contributed by atoms with Crippen LogP contribution >= 0.6 is 0 Å². The molecule has 148 valence electrons. The normalized spacial score (nSPS) is 13.3. The summed E-state index contributed by atoms with van der Waals surface area (Å²) in [7, 11) is 0. The highest BCUT2D eigenvalue weighted by Crippen LogP contribution is 2.26. The van der Waals surface area contributed by atoms with Crippen LogP contribution in [0.2, 0.25) is 0 Å². The maximum absolute atomic E-state index is 12.3. The number of ether oxygens (including phenoxy) is 1. The number of amides is 2. The molecule has 0 N–H and O–H groups in total. The lowest BCUT2D eigenvalue weighted by Gasteiger charge is -2.23. The number of rotatable bonds is 5. The molecule has 28 heavy (non-hydrogen) atoms. The van der Waals surface area contributed by atoms with Crippen molar-refractivity contribution >= 4 is 17.5 Å². The van der Waals surface area contributed by atoms with Gasteiger partial charge in [0, 0.05) is 31.1 Å². The summed E-state index contributed by atoms with van der Waals surface area (Å²) in [5, 5.41) is 0. The van der Waals surface area contributed by atoms with Gasteiger partial charge in [-0.25, -0.2) is 0 Å². The average Bonchev–Trinajstić information content (AvgIpc) is 2.89. The van der Waals surface area contributed by atoms with Gasteiger partial charge >= 0.3 is 0 Å². The van der Waals surface area contributed by atoms with Gasteiger partial charge in [0.25, 0.3) is 0 Å². The Morgan fingerprint density at radius 2 is 1.89 bits per heavy atom. The fourth-order valence-electron chi connectivity index (χ4n) is 3.42. The highest BCUT2D eigenvalue weighted by atomic mass is 16.5. The summed E-state index contributed by atoms with van der Waals surface area (Å²) in [5.74, 6) is 0.976. The number of carbonyl (C=O) groups is 2. The van der Waals surface area contributed by atoms with Crippen LogP contribution in [0, 0.1) is 6.92 Å². The van der Waals surface area contributed by atoms with Crippen LogP contribution in [0.3, 0.4) is 0 Å². The molecule has 0 radical (unpaired) electrons. The van der Waals surface area contributed by atoms with E-state index in [4.69, 9.17) is 4.74 Å². The molecular weight excluding hydrogens is 352 g/mol. The molecule has 0 saturated carbocycles.